The number of rotatable bonds is 5. The van der Waals surface area contributed by atoms with Gasteiger partial charge in [-0.05, 0) is 131 Å². The van der Waals surface area contributed by atoms with E-state index in [0.717, 1.165) is 39.4 Å². The third kappa shape index (κ3) is 7.14. The molecule has 5 nitrogen and oxygen atoms in total. The number of aromatic nitrogens is 2. The summed E-state index contributed by atoms with van der Waals surface area (Å²) in [6.45, 7) is 29.4. The fourth-order valence-corrected chi connectivity index (χ4v) is 13.0. The summed E-state index contributed by atoms with van der Waals surface area (Å²) in [6.07, 6.45) is 1.86. The molecule has 3 aliphatic rings. The molecular formula is C71H68N4O. The van der Waals surface area contributed by atoms with Gasteiger partial charge in [-0.3, -0.25) is 4.57 Å². The number of ether oxygens (including phenoxy) is 1. The van der Waals surface area contributed by atoms with Crippen molar-refractivity contribution in [1.29, 1.82) is 0 Å². The predicted molar refractivity (Wildman–Crippen MR) is 318 cm³/mol. The molecule has 0 saturated heterocycles. The molecule has 5 heteroatoms. The molecule has 13 rings (SSSR count). The minimum absolute atomic E-state index is 0.0808. The van der Waals surface area contributed by atoms with Gasteiger partial charge in [0.25, 0.3) is 0 Å². The zero-order valence-electron chi connectivity index (χ0n) is 46.2. The third-order valence-electron chi connectivity index (χ3n) is 16.6. The van der Waals surface area contributed by atoms with Crippen LogP contribution in [0.4, 0.5) is 22.7 Å². The van der Waals surface area contributed by atoms with Crippen LogP contribution in [0.15, 0.2) is 182 Å². The number of hydrogen-bond acceptors (Lipinski definition) is 4. The van der Waals surface area contributed by atoms with Gasteiger partial charge in [-0.25, -0.2) is 4.98 Å². The molecule has 0 unspecified atom stereocenters. The fraction of sp³-hybridized carbons (Fsp3) is 0.254. The second kappa shape index (κ2) is 16.6. The Morgan fingerprint density at radius 2 is 1.03 bits per heavy atom. The normalized spacial score (nSPS) is 14.6. The largest absolute Gasteiger partial charge is 0.457 e. The smallest absolute Gasteiger partial charge is 0.137 e. The molecule has 0 saturated carbocycles. The Morgan fingerprint density at radius 3 is 1.68 bits per heavy atom. The van der Waals surface area contributed by atoms with Crippen molar-refractivity contribution in [3.05, 3.63) is 227 Å². The highest BCUT2D eigenvalue weighted by molar-refractivity contribution is 6.09. The Hall–Kier alpha value is -7.89. The van der Waals surface area contributed by atoms with Crippen LogP contribution >= 0.6 is 0 Å². The SMILES string of the molecule is CC(C)(C)c1cc2c(c(C(C)(C)C)c1)C1(c3ccc(Oc4ccc5c6ccccc6n(-c6ccccn6)c5c4)cc3N3CN(c4ccccc4-c4ccccc4)c4cccc1c43)c1c-2cc(C(C)(C)C)cc1C(C)(C)C. The lowest BCUT2D eigenvalue weighted by atomic mass is 9.59. The summed E-state index contributed by atoms with van der Waals surface area (Å²) in [5.74, 6) is 2.43. The van der Waals surface area contributed by atoms with Crippen molar-refractivity contribution < 1.29 is 4.74 Å². The molecule has 1 aliphatic carbocycles. The van der Waals surface area contributed by atoms with Gasteiger partial charge in [-0.1, -0.05) is 198 Å². The van der Waals surface area contributed by atoms with Crippen molar-refractivity contribution in [3.63, 3.8) is 0 Å². The van der Waals surface area contributed by atoms with Gasteiger partial charge >= 0.3 is 0 Å². The lowest BCUT2D eigenvalue weighted by Gasteiger charge is -2.46. The van der Waals surface area contributed by atoms with Crippen LogP contribution in [-0.2, 0) is 27.1 Å². The molecule has 10 aromatic rings. The highest BCUT2D eigenvalue weighted by Gasteiger charge is 2.57. The van der Waals surface area contributed by atoms with Crippen LogP contribution in [-0.4, -0.2) is 16.2 Å². The van der Waals surface area contributed by atoms with Gasteiger partial charge in [0.2, 0.25) is 0 Å². The third-order valence-corrected chi connectivity index (χ3v) is 16.6. The highest BCUT2D eigenvalue weighted by atomic mass is 16.5. The maximum absolute atomic E-state index is 7.20. The number of benzene rings is 8. The summed E-state index contributed by atoms with van der Waals surface area (Å²) < 4.78 is 9.46. The van der Waals surface area contributed by atoms with E-state index in [1.807, 2.05) is 12.3 Å². The zero-order valence-corrected chi connectivity index (χ0v) is 46.2. The van der Waals surface area contributed by atoms with E-state index >= 15 is 0 Å². The first-order valence-corrected chi connectivity index (χ1v) is 27.2. The quantitative estimate of drug-likeness (QED) is 0.172. The fourth-order valence-electron chi connectivity index (χ4n) is 13.0. The molecule has 0 radical (unpaired) electrons. The van der Waals surface area contributed by atoms with Crippen LogP contribution in [0.1, 0.15) is 128 Å². The van der Waals surface area contributed by atoms with Crippen LogP contribution in [0, 0.1) is 0 Å². The van der Waals surface area contributed by atoms with E-state index in [2.05, 4.69) is 267 Å². The Kier molecular flexibility index (Phi) is 10.4. The summed E-state index contributed by atoms with van der Waals surface area (Å²) >= 11 is 0. The first-order chi connectivity index (χ1) is 36.2. The number of nitrogens with zero attached hydrogens (tertiary/aromatic N) is 4. The average Bonchev–Trinajstić information content (AvgIpc) is 4.23. The molecule has 378 valence electrons. The maximum Gasteiger partial charge on any atom is 0.137 e. The number of pyridine rings is 1. The minimum atomic E-state index is -0.698. The minimum Gasteiger partial charge on any atom is -0.457 e. The molecule has 0 bridgehead atoms. The molecule has 76 heavy (non-hydrogen) atoms. The van der Waals surface area contributed by atoms with Gasteiger partial charge in [0.05, 0.1) is 39.2 Å². The zero-order chi connectivity index (χ0) is 52.8. The molecule has 0 atom stereocenters. The van der Waals surface area contributed by atoms with Crippen LogP contribution < -0.4 is 14.5 Å². The summed E-state index contributed by atoms with van der Waals surface area (Å²) in [7, 11) is 0. The average molecular weight is 993 g/mol. The van der Waals surface area contributed by atoms with Gasteiger partial charge in [0.1, 0.15) is 24.0 Å². The topological polar surface area (TPSA) is 33.5 Å². The van der Waals surface area contributed by atoms with E-state index in [9.17, 15) is 0 Å². The van der Waals surface area contributed by atoms with Crippen molar-refractivity contribution in [2.24, 2.45) is 0 Å². The summed E-state index contributed by atoms with van der Waals surface area (Å²) in [4.78, 5) is 9.98. The van der Waals surface area contributed by atoms with Gasteiger partial charge in [0.15, 0.2) is 0 Å². The van der Waals surface area contributed by atoms with Crippen molar-refractivity contribution >= 4 is 44.6 Å². The Morgan fingerprint density at radius 1 is 0.434 bits per heavy atom. The summed E-state index contributed by atoms with van der Waals surface area (Å²) in [5, 5.41) is 2.34. The van der Waals surface area contributed by atoms with Crippen molar-refractivity contribution in [2.75, 3.05) is 16.5 Å². The van der Waals surface area contributed by atoms with Crippen LogP contribution in [0.25, 0.3) is 49.9 Å². The van der Waals surface area contributed by atoms with E-state index in [4.69, 9.17) is 9.72 Å². The molecule has 4 heterocycles. The Balaban J connectivity index is 1.12. The lowest BCUT2D eigenvalue weighted by Crippen LogP contribution is -2.40. The number of fused-ring (bicyclic) bond motifs is 12. The molecule has 0 fully saturated rings. The second-order valence-electron chi connectivity index (χ2n) is 25.7. The number of para-hydroxylation sites is 3. The second-order valence-corrected chi connectivity index (χ2v) is 25.7. The summed E-state index contributed by atoms with van der Waals surface area (Å²) in [5.41, 5.74) is 21.7. The van der Waals surface area contributed by atoms with E-state index in [0.29, 0.717) is 6.67 Å². The van der Waals surface area contributed by atoms with Crippen LogP contribution in [0.2, 0.25) is 0 Å². The van der Waals surface area contributed by atoms with Crippen molar-refractivity contribution in [2.45, 2.75) is 110 Å². The van der Waals surface area contributed by atoms with Crippen molar-refractivity contribution in [3.8, 4) is 39.6 Å². The van der Waals surface area contributed by atoms with E-state index < -0.39 is 5.41 Å². The molecule has 2 aliphatic heterocycles. The van der Waals surface area contributed by atoms with Gasteiger partial charge in [0, 0.05) is 34.7 Å². The molecule has 0 N–H and O–H groups in total. The Bertz CT molecular complexity index is 3900. The van der Waals surface area contributed by atoms with Gasteiger partial charge in [-0.15, -0.1) is 0 Å². The predicted octanol–water partition coefficient (Wildman–Crippen LogP) is 18.8. The lowest BCUT2D eigenvalue weighted by molar-refractivity contribution is 0.482. The first kappa shape index (κ1) is 47.8. The van der Waals surface area contributed by atoms with Gasteiger partial charge < -0.3 is 14.5 Å². The van der Waals surface area contributed by atoms with Crippen LogP contribution in [0.5, 0.6) is 11.5 Å². The van der Waals surface area contributed by atoms with Gasteiger partial charge in [-0.2, -0.15) is 0 Å². The monoisotopic (exact) mass is 993 g/mol. The van der Waals surface area contributed by atoms with Crippen molar-refractivity contribution in [1.82, 2.24) is 9.55 Å². The number of hydrogen-bond donors (Lipinski definition) is 0. The molecule has 8 aromatic carbocycles. The van der Waals surface area contributed by atoms with E-state index in [1.165, 1.54) is 89.2 Å². The van der Waals surface area contributed by atoms with E-state index in [-0.39, 0.29) is 21.7 Å². The summed E-state index contributed by atoms with van der Waals surface area (Å²) in [6, 6.07) is 65.5. The standard InChI is InChI=1S/C71H68N4O/c1-67(2,3)45-37-52-53-38-46(68(4,5)6)40-57(70(10,11)12)65(53)71(64(52)56(39-45)69(7,8)9)54-35-33-48(76-47-32-34-51-50-26-17-19-29-59(50)75(61(51)41-47)63-31-20-21-36-72-63)42-62(54)74-43-73(60-30-22-27-55(71)66(60)74)58-28-18-16-25-49(58)44-23-14-13-15-24-44/h13-42H,43H2,1-12H3. The molecular weight excluding hydrogens is 925 g/mol. The van der Waals surface area contributed by atoms with E-state index in [1.54, 1.807) is 0 Å². The molecule has 0 amide bonds. The Labute approximate surface area is 449 Å². The van der Waals surface area contributed by atoms with Crippen LogP contribution in [0.3, 0.4) is 0 Å². The highest BCUT2D eigenvalue weighted by Crippen LogP contribution is 2.69. The molecule has 1 spiro atoms. The number of anilines is 4. The maximum atomic E-state index is 7.20. The molecule has 2 aromatic heterocycles. The first-order valence-electron chi connectivity index (χ1n) is 27.2.